The number of fused-ring (bicyclic) bond motifs is 1. The van der Waals surface area contributed by atoms with Crippen LogP contribution in [-0.4, -0.2) is 9.38 Å². The fourth-order valence-electron chi connectivity index (χ4n) is 1.98. The number of nitrogen functional groups attached to an aromatic ring is 1. The van der Waals surface area contributed by atoms with Crippen molar-refractivity contribution in [2.24, 2.45) is 0 Å². The Morgan fingerprint density at radius 2 is 2.17 bits per heavy atom. The van der Waals surface area contributed by atoms with Gasteiger partial charge in [-0.1, -0.05) is 31.8 Å². The second-order valence-electron chi connectivity index (χ2n) is 4.47. The van der Waals surface area contributed by atoms with Gasteiger partial charge in [0.2, 0.25) is 0 Å². The first-order valence-corrected chi connectivity index (χ1v) is 6.46. The number of nitrogens with two attached hydrogens (primary N) is 1. The fourth-order valence-corrected chi connectivity index (χ4v) is 1.98. The van der Waals surface area contributed by atoms with Crippen molar-refractivity contribution in [3.8, 4) is 11.8 Å². The average Bonchev–Trinajstić information content (AvgIpc) is 2.68. The van der Waals surface area contributed by atoms with E-state index in [1.165, 1.54) is 12.8 Å². The van der Waals surface area contributed by atoms with E-state index < -0.39 is 0 Å². The number of imidazole rings is 1. The van der Waals surface area contributed by atoms with Gasteiger partial charge < -0.3 is 5.73 Å². The van der Waals surface area contributed by atoms with Gasteiger partial charge in [-0.2, -0.15) is 0 Å². The number of unbranched alkanes of at least 4 members (excludes halogenated alkanes) is 3. The molecular weight excluding hydrogens is 222 g/mol. The molecule has 18 heavy (non-hydrogen) atoms. The lowest BCUT2D eigenvalue weighted by Crippen LogP contribution is -1.97. The summed E-state index contributed by atoms with van der Waals surface area (Å²) in [6.45, 7) is 4.21. The normalized spacial score (nSPS) is 10.3. The van der Waals surface area contributed by atoms with Crippen molar-refractivity contribution < 1.29 is 0 Å². The van der Waals surface area contributed by atoms with E-state index in [1.807, 2.05) is 29.5 Å². The van der Waals surface area contributed by atoms with Crippen LogP contribution in [-0.2, 0) is 0 Å². The van der Waals surface area contributed by atoms with Crippen LogP contribution < -0.4 is 5.73 Å². The van der Waals surface area contributed by atoms with Gasteiger partial charge in [0.05, 0.1) is 0 Å². The molecule has 0 aliphatic heterocycles. The summed E-state index contributed by atoms with van der Waals surface area (Å²) in [6, 6.07) is 5.95. The van der Waals surface area contributed by atoms with Gasteiger partial charge >= 0.3 is 0 Å². The molecular formula is C15H19N3. The molecule has 0 aliphatic rings. The number of hydrogen-bond acceptors (Lipinski definition) is 2. The van der Waals surface area contributed by atoms with Crippen LogP contribution in [0.3, 0.4) is 0 Å². The zero-order valence-corrected chi connectivity index (χ0v) is 11.0. The monoisotopic (exact) mass is 241 g/mol. The van der Waals surface area contributed by atoms with Gasteiger partial charge in [-0.15, -0.1) is 0 Å². The van der Waals surface area contributed by atoms with E-state index in [-0.39, 0.29) is 0 Å². The Kier molecular flexibility index (Phi) is 3.88. The summed E-state index contributed by atoms with van der Waals surface area (Å²) in [6.07, 6.45) is 4.52. The molecule has 3 heteroatoms. The average molecular weight is 241 g/mol. The van der Waals surface area contributed by atoms with Gasteiger partial charge in [-0.3, -0.25) is 4.40 Å². The molecule has 2 rings (SSSR count). The number of pyridine rings is 1. The third-order valence-corrected chi connectivity index (χ3v) is 2.99. The molecule has 3 nitrogen and oxygen atoms in total. The number of nitrogens with zero attached hydrogens (tertiary/aromatic N) is 2. The molecule has 0 bridgehead atoms. The highest BCUT2D eigenvalue weighted by molar-refractivity contribution is 5.59. The highest BCUT2D eigenvalue weighted by atomic mass is 15.1. The van der Waals surface area contributed by atoms with E-state index in [4.69, 9.17) is 5.73 Å². The molecule has 2 heterocycles. The van der Waals surface area contributed by atoms with E-state index >= 15 is 0 Å². The highest BCUT2D eigenvalue weighted by Crippen LogP contribution is 2.16. The molecule has 2 N–H and O–H groups in total. The second-order valence-corrected chi connectivity index (χ2v) is 4.47. The third kappa shape index (κ3) is 2.48. The zero-order chi connectivity index (χ0) is 13.0. The van der Waals surface area contributed by atoms with E-state index in [9.17, 15) is 0 Å². The van der Waals surface area contributed by atoms with Gasteiger partial charge in [0, 0.05) is 12.1 Å². The molecule has 0 saturated carbocycles. The summed E-state index contributed by atoms with van der Waals surface area (Å²) in [5, 5.41) is 0. The Morgan fingerprint density at radius 1 is 1.33 bits per heavy atom. The predicted octanol–water partition coefficient (Wildman–Crippen LogP) is 3.16. The topological polar surface area (TPSA) is 43.3 Å². The molecule has 94 valence electrons. The standard InChI is InChI=1S/C15H19N3/c1-3-4-5-6-7-10-13-15(16)18-12(2)9-8-11-14(18)17-13/h8-9,11H,3-6,16H2,1-2H3. The summed E-state index contributed by atoms with van der Waals surface area (Å²) in [4.78, 5) is 4.46. The molecule has 2 aromatic heterocycles. The summed E-state index contributed by atoms with van der Waals surface area (Å²) in [5.74, 6) is 6.88. The lowest BCUT2D eigenvalue weighted by molar-refractivity contribution is 0.737. The molecule has 0 atom stereocenters. The highest BCUT2D eigenvalue weighted by Gasteiger charge is 2.07. The molecule has 0 spiro atoms. The Labute approximate surface area is 108 Å². The Balaban J connectivity index is 2.24. The maximum Gasteiger partial charge on any atom is 0.156 e. The fraction of sp³-hybridized carbons (Fsp3) is 0.400. The first kappa shape index (κ1) is 12.5. The van der Waals surface area contributed by atoms with E-state index in [1.54, 1.807) is 0 Å². The smallest absolute Gasteiger partial charge is 0.156 e. The third-order valence-electron chi connectivity index (χ3n) is 2.99. The first-order valence-electron chi connectivity index (χ1n) is 6.46. The number of anilines is 1. The molecule has 0 saturated heterocycles. The maximum absolute atomic E-state index is 6.08. The lowest BCUT2D eigenvalue weighted by atomic mass is 10.2. The number of rotatable bonds is 3. The van der Waals surface area contributed by atoms with Crippen LogP contribution >= 0.6 is 0 Å². The largest absolute Gasteiger partial charge is 0.382 e. The van der Waals surface area contributed by atoms with Gasteiger partial charge in [0.15, 0.2) is 5.69 Å². The minimum Gasteiger partial charge on any atom is -0.382 e. The maximum atomic E-state index is 6.08. The van der Waals surface area contributed by atoms with Crippen molar-refractivity contribution in [2.75, 3.05) is 5.73 Å². The summed E-state index contributed by atoms with van der Waals surface area (Å²) in [7, 11) is 0. The molecule has 2 aromatic rings. The van der Waals surface area contributed by atoms with Gasteiger partial charge in [-0.25, -0.2) is 4.98 Å². The quantitative estimate of drug-likeness (QED) is 0.662. The molecule has 0 radical (unpaired) electrons. The van der Waals surface area contributed by atoms with Crippen molar-refractivity contribution >= 4 is 11.5 Å². The van der Waals surface area contributed by atoms with Crippen LogP contribution in [0.2, 0.25) is 0 Å². The summed E-state index contributed by atoms with van der Waals surface area (Å²) < 4.78 is 1.94. The molecule has 0 amide bonds. The number of aryl methyl sites for hydroxylation is 1. The minimum atomic E-state index is 0.645. The first-order chi connectivity index (χ1) is 8.74. The summed E-state index contributed by atoms with van der Waals surface area (Å²) >= 11 is 0. The van der Waals surface area contributed by atoms with Gasteiger partial charge in [-0.05, 0) is 31.4 Å². The lowest BCUT2D eigenvalue weighted by Gasteiger charge is -1.99. The molecule has 0 aliphatic carbocycles. The van der Waals surface area contributed by atoms with Crippen molar-refractivity contribution in [1.29, 1.82) is 0 Å². The van der Waals surface area contributed by atoms with Crippen molar-refractivity contribution in [3.05, 3.63) is 29.6 Å². The van der Waals surface area contributed by atoms with E-state index in [2.05, 4.69) is 23.7 Å². The van der Waals surface area contributed by atoms with Crippen LogP contribution in [0.4, 0.5) is 5.82 Å². The Hall–Kier alpha value is -1.95. The van der Waals surface area contributed by atoms with Crippen LogP contribution in [0.25, 0.3) is 5.65 Å². The predicted molar refractivity (Wildman–Crippen MR) is 75.4 cm³/mol. The number of aromatic nitrogens is 2. The van der Waals surface area contributed by atoms with E-state index in [0.717, 1.165) is 24.2 Å². The van der Waals surface area contributed by atoms with Crippen LogP contribution in [0, 0.1) is 18.8 Å². The minimum absolute atomic E-state index is 0.645. The molecule has 0 aromatic carbocycles. The SMILES string of the molecule is CCCCCC#Cc1nc2cccc(C)n2c1N. The molecule has 0 fully saturated rings. The van der Waals surface area contributed by atoms with E-state index in [0.29, 0.717) is 11.5 Å². The van der Waals surface area contributed by atoms with Crippen LogP contribution in [0.15, 0.2) is 18.2 Å². The van der Waals surface area contributed by atoms with Gasteiger partial charge in [0.1, 0.15) is 11.5 Å². The molecule has 0 unspecified atom stereocenters. The van der Waals surface area contributed by atoms with Crippen LogP contribution in [0.5, 0.6) is 0 Å². The van der Waals surface area contributed by atoms with Crippen molar-refractivity contribution in [2.45, 2.75) is 39.5 Å². The Morgan fingerprint density at radius 3 is 2.89 bits per heavy atom. The van der Waals surface area contributed by atoms with Crippen molar-refractivity contribution in [3.63, 3.8) is 0 Å². The van der Waals surface area contributed by atoms with Gasteiger partial charge in [0.25, 0.3) is 0 Å². The van der Waals surface area contributed by atoms with Crippen molar-refractivity contribution in [1.82, 2.24) is 9.38 Å². The second kappa shape index (κ2) is 5.59. The zero-order valence-electron chi connectivity index (χ0n) is 11.0. The van der Waals surface area contributed by atoms with Crippen LogP contribution in [0.1, 0.15) is 44.0 Å². The Bertz CT molecular complexity index is 599. The summed E-state index contributed by atoms with van der Waals surface area (Å²) in [5.41, 5.74) is 8.72. The number of hydrogen-bond donors (Lipinski definition) is 1.